The van der Waals surface area contributed by atoms with E-state index in [1.54, 1.807) is 0 Å². The standard InChI is InChI=1S/C13H24N4/c1-4-17-9-12(8-15-17)10(2)16(3)13(7-14)11-5-6-11/h8-11,13H,4-7,14H2,1-3H3. The summed E-state index contributed by atoms with van der Waals surface area (Å²) in [5.41, 5.74) is 7.18. The van der Waals surface area contributed by atoms with Gasteiger partial charge in [0.1, 0.15) is 0 Å². The molecule has 0 radical (unpaired) electrons. The average molecular weight is 236 g/mol. The van der Waals surface area contributed by atoms with Gasteiger partial charge in [-0.3, -0.25) is 9.58 Å². The molecule has 1 aliphatic carbocycles. The highest BCUT2D eigenvalue weighted by atomic mass is 15.3. The maximum absolute atomic E-state index is 5.90. The van der Waals surface area contributed by atoms with E-state index in [4.69, 9.17) is 5.73 Å². The quantitative estimate of drug-likeness (QED) is 0.816. The van der Waals surface area contributed by atoms with Gasteiger partial charge in [-0.25, -0.2) is 0 Å². The molecule has 2 rings (SSSR count). The second-order valence-electron chi connectivity index (χ2n) is 5.11. The minimum Gasteiger partial charge on any atom is -0.329 e. The number of hydrogen-bond donors (Lipinski definition) is 1. The highest BCUT2D eigenvalue weighted by Crippen LogP contribution is 2.37. The molecule has 1 aromatic rings. The van der Waals surface area contributed by atoms with Crippen LogP contribution >= 0.6 is 0 Å². The summed E-state index contributed by atoms with van der Waals surface area (Å²) in [5, 5.41) is 4.34. The van der Waals surface area contributed by atoms with Gasteiger partial charge in [-0.2, -0.15) is 5.10 Å². The summed E-state index contributed by atoms with van der Waals surface area (Å²) in [6.07, 6.45) is 6.80. The SMILES string of the molecule is CCn1cc(C(C)N(C)C(CN)C2CC2)cn1. The molecule has 2 unspecified atom stereocenters. The molecule has 1 aliphatic rings. The van der Waals surface area contributed by atoms with E-state index in [0.717, 1.165) is 19.0 Å². The molecule has 0 spiro atoms. The van der Waals surface area contributed by atoms with Crippen LogP contribution < -0.4 is 5.73 Å². The zero-order chi connectivity index (χ0) is 12.4. The Morgan fingerprint density at radius 3 is 2.76 bits per heavy atom. The number of rotatable bonds is 6. The maximum Gasteiger partial charge on any atom is 0.0537 e. The summed E-state index contributed by atoms with van der Waals surface area (Å²) in [6, 6.07) is 0.916. The van der Waals surface area contributed by atoms with Crippen LogP contribution in [0.3, 0.4) is 0 Å². The fraction of sp³-hybridized carbons (Fsp3) is 0.769. The van der Waals surface area contributed by atoms with Crippen LogP contribution in [0, 0.1) is 5.92 Å². The molecule has 2 N–H and O–H groups in total. The van der Waals surface area contributed by atoms with Gasteiger partial charge in [0, 0.05) is 36.9 Å². The first kappa shape index (κ1) is 12.6. The van der Waals surface area contributed by atoms with Crippen LogP contribution in [0.2, 0.25) is 0 Å². The molecule has 0 saturated heterocycles. The summed E-state index contributed by atoms with van der Waals surface area (Å²) in [7, 11) is 2.18. The van der Waals surface area contributed by atoms with E-state index in [9.17, 15) is 0 Å². The van der Waals surface area contributed by atoms with E-state index < -0.39 is 0 Å². The van der Waals surface area contributed by atoms with Gasteiger partial charge in [0.15, 0.2) is 0 Å². The predicted molar refractivity (Wildman–Crippen MR) is 69.6 cm³/mol. The Balaban J connectivity index is 2.04. The van der Waals surface area contributed by atoms with Crippen LogP contribution in [0.1, 0.15) is 38.3 Å². The van der Waals surface area contributed by atoms with Crippen LogP contribution in [0.15, 0.2) is 12.4 Å². The van der Waals surface area contributed by atoms with Gasteiger partial charge < -0.3 is 5.73 Å². The molecule has 4 nitrogen and oxygen atoms in total. The molecule has 1 fully saturated rings. The summed E-state index contributed by atoms with van der Waals surface area (Å²) in [6.45, 7) is 6.03. The van der Waals surface area contributed by atoms with Crippen LogP contribution in [-0.2, 0) is 6.54 Å². The second kappa shape index (κ2) is 5.19. The zero-order valence-corrected chi connectivity index (χ0v) is 11.1. The topological polar surface area (TPSA) is 47.1 Å². The molecule has 1 heterocycles. The molecular weight excluding hydrogens is 212 g/mol. The van der Waals surface area contributed by atoms with Crippen molar-refractivity contribution in [3.05, 3.63) is 18.0 Å². The number of likely N-dealkylation sites (N-methyl/N-ethyl adjacent to an activating group) is 1. The summed E-state index contributed by atoms with van der Waals surface area (Å²) < 4.78 is 1.98. The summed E-state index contributed by atoms with van der Waals surface area (Å²) in [5.74, 6) is 0.814. The minimum absolute atomic E-state index is 0.393. The number of nitrogens with zero attached hydrogens (tertiary/aromatic N) is 3. The Hall–Kier alpha value is -0.870. The van der Waals surface area contributed by atoms with E-state index in [2.05, 4.69) is 37.1 Å². The third kappa shape index (κ3) is 2.69. The van der Waals surface area contributed by atoms with Crippen molar-refractivity contribution >= 4 is 0 Å². The van der Waals surface area contributed by atoms with Crippen molar-refractivity contribution in [2.24, 2.45) is 11.7 Å². The van der Waals surface area contributed by atoms with Crippen molar-refractivity contribution in [1.82, 2.24) is 14.7 Å². The van der Waals surface area contributed by atoms with Gasteiger partial charge in [0.2, 0.25) is 0 Å². The first-order valence-corrected chi connectivity index (χ1v) is 6.61. The van der Waals surface area contributed by atoms with Gasteiger partial charge in [-0.1, -0.05) is 0 Å². The lowest BCUT2D eigenvalue weighted by atomic mass is 10.1. The second-order valence-corrected chi connectivity index (χ2v) is 5.11. The van der Waals surface area contributed by atoms with Gasteiger partial charge in [0.05, 0.1) is 6.20 Å². The molecule has 96 valence electrons. The normalized spacial score (nSPS) is 19.6. The lowest BCUT2D eigenvalue weighted by Crippen LogP contribution is -2.40. The Kier molecular flexibility index (Phi) is 3.84. The first-order valence-electron chi connectivity index (χ1n) is 6.61. The first-order chi connectivity index (χ1) is 8.17. The number of hydrogen-bond acceptors (Lipinski definition) is 3. The average Bonchev–Trinajstić information content (AvgIpc) is 3.06. The zero-order valence-electron chi connectivity index (χ0n) is 11.1. The van der Waals surface area contributed by atoms with Gasteiger partial charge in [-0.15, -0.1) is 0 Å². The van der Waals surface area contributed by atoms with Gasteiger partial charge >= 0.3 is 0 Å². The fourth-order valence-electron chi connectivity index (χ4n) is 2.46. The van der Waals surface area contributed by atoms with Crippen molar-refractivity contribution in [3.63, 3.8) is 0 Å². The summed E-state index contributed by atoms with van der Waals surface area (Å²) >= 11 is 0. The molecule has 17 heavy (non-hydrogen) atoms. The Morgan fingerprint density at radius 1 is 1.59 bits per heavy atom. The van der Waals surface area contributed by atoms with E-state index in [1.807, 2.05) is 10.9 Å². The molecule has 0 aliphatic heterocycles. The largest absolute Gasteiger partial charge is 0.329 e. The Bertz CT molecular complexity index is 356. The van der Waals surface area contributed by atoms with Gasteiger partial charge in [-0.05, 0) is 39.7 Å². The molecule has 1 saturated carbocycles. The molecule has 1 aromatic heterocycles. The lowest BCUT2D eigenvalue weighted by Gasteiger charge is -2.32. The number of aromatic nitrogens is 2. The highest BCUT2D eigenvalue weighted by Gasteiger charge is 2.34. The van der Waals surface area contributed by atoms with Crippen LogP contribution in [0.25, 0.3) is 0 Å². The smallest absolute Gasteiger partial charge is 0.0537 e. The molecule has 4 heteroatoms. The van der Waals surface area contributed by atoms with Crippen molar-refractivity contribution < 1.29 is 0 Å². The number of nitrogens with two attached hydrogens (primary N) is 1. The monoisotopic (exact) mass is 236 g/mol. The van der Waals surface area contributed by atoms with Crippen LogP contribution in [0.4, 0.5) is 0 Å². The highest BCUT2D eigenvalue weighted by molar-refractivity contribution is 5.10. The van der Waals surface area contributed by atoms with E-state index >= 15 is 0 Å². The molecule has 0 bridgehead atoms. The van der Waals surface area contributed by atoms with Crippen molar-refractivity contribution in [2.75, 3.05) is 13.6 Å². The van der Waals surface area contributed by atoms with Crippen molar-refractivity contribution in [3.8, 4) is 0 Å². The van der Waals surface area contributed by atoms with Crippen LogP contribution in [0.5, 0.6) is 0 Å². The lowest BCUT2D eigenvalue weighted by molar-refractivity contribution is 0.170. The third-order valence-corrected chi connectivity index (χ3v) is 4.00. The van der Waals surface area contributed by atoms with Crippen LogP contribution in [-0.4, -0.2) is 34.3 Å². The van der Waals surface area contributed by atoms with E-state index in [-0.39, 0.29) is 0 Å². The van der Waals surface area contributed by atoms with Crippen molar-refractivity contribution in [1.29, 1.82) is 0 Å². The molecule has 0 aromatic carbocycles. The van der Waals surface area contributed by atoms with Gasteiger partial charge in [0.25, 0.3) is 0 Å². The Labute approximate surface area is 104 Å². The predicted octanol–water partition coefficient (Wildman–Crippen LogP) is 1.63. The fourth-order valence-corrected chi connectivity index (χ4v) is 2.46. The third-order valence-electron chi connectivity index (χ3n) is 4.00. The number of aryl methyl sites for hydroxylation is 1. The van der Waals surface area contributed by atoms with Crippen molar-refractivity contribution in [2.45, 2.75) is 45.3 Å². The Morgan fingerprint density at radius 2 is 2.29 bits per heavy atom. The van der Waals surface area contributed by atoms with E-state index in [0.29, 0.717) is 12.1 Å². The minimum atomic E-state index is 0.393. The molecule has 2 atom stereocenters. The van der Waals surface area contributed by atoms with E-state index in [1.165, 1.54) is 18.4 Å². The summed E-state index contributed by atoms with van der Waals surface area (Å²) in [4.78, 5) is 2.41. The molecular formula is C13H24N4. The molecule has 0 amide bonds. The maximum atomic E-state index is 5.90.